The predicted octanol–water partition coefficient (Wildman–Crippen LogP) is 5.94. The van der Waals surface area contributed by atoms with Gasteiger partial charge in [0.1, 0.15) is 5.75 Å². The van der Waals surface area contributed by atoms with Crippen LogP contribution in [0.5, 0.6) is 5.75 Å². The summed E-state index contributed by atoms with van der Waals surface area (Å²) in [5.74, 6) is 0.939. The van der Waals surface area contributed by atoms with Gasteiger partial charge >= 0.3 is 6.18 Å². The average molecular weight is 446 g/mol. The normalized spacial score (nSPS) is 17.7. The number of thiazole rings is 1. The number of anilines is 1. The molecule has 1 saturated heterocycles. The first-order valence-electron chi connectivity index (χ1n) is 9.66. The zero-order chi connectivity index (χ0) is 21.0. The maximum Gasteiger partial charge on any atom is 0.419 e. The SMILES string of the molecule is CCCSC1CCCN1Cc1sc(NC)nc1-c1ccc(OC)c(C(F)(F)F)c1. The third-order valence-electron chi connectivity index (χ3n) is 4.85. The van der Waals surface area contributed by atoms with Crippen LogP contribution in [0.15, 0.2) is 18.2 Å². The number of methoxy groups -OCH3 is 1. The largest absolute Gasteiger partial charge is 0.496 e. The molecule has 1 aliphatic heterocycles. The molecule has 160 valence electrons. The Balaban J connectivity index is 1.94. The summed E-state index contributed by atoms with van der Waals surface area (Å²) < 4.78 is 45.4. The zero-order valence-electron chi connectivity index (χ0n) is 16.8. The van der Waals surface area contributed by atoms with E-state index in [1.54, 1.807) is 13.1 Å². The topological polar surface area (TPSA) is 37.4 Å². The number of benzene rings is 1. The highest BCUT2D eigenvalue weighted by Crippen LogP contribution is 2.41. The maximum atomic E-state index is 13.5. The van der Waals surface area contributed by atoms with Crippen molar-refractivity contribution in [3.8, 4) is 17.0 Å². The highest BCUT2D eigenvalue weighted by molar-refractivity contribution is 7.99. The fourth-order valence-corrected chi connectivity index (χ4v) is 5.67. The molecule has 1 fully saturated rings. The van der Waals surface area contributed by atoms with E-state index in [-0.39, 0.29) is 5.75 Å². The maximum absolute atomic E-state index is 13.5. The molecular weight excluding hydrogens is 419 g/mol. The lowest BCUT2D eigenvalue weighted by Crippen LogP contribution is -2.26. The molecule has 0 aliphatic carbocycles. The van der Waals surface area contributed by atoms with Crippen molar-refractivity contribution in [3.63, 3.8) is 0 Å². The van der Waals surface area contributed by atoms with Crippen molar-refractivity contribution in [3.05, 3.63) is 28.6 Å². The van der Waals surface area contributed by atoms with E-state index in [0.29, 0.717) is 28.3 Å². The predicted molar refractivity (Wildman–Crippen MR) is 115 cm³/mol. The van der Waals surface area contributed by atoms with E-state index in [9.17, 15) is 13.2 Å². The van der Waals surface area contributed by atoms with Gasteiger partial charge in [-0.15, -0.1) is 23.1 Å². The summed E-state index contributed by atoms with van der Waals surface area (Å²) in [5.41, 5.74) is 0.293. The van der Waals surface area contributed by atoms with Crippen molar-refractivity contribution >= 4 is 28.2 Å². The van der Waals surface area contributed by atoms with Crippen LogP contribution in [0, 0.1) is 0 Å². The molecule has 9 heteroatoms. The Kier molecular flexibility index (Phi) is 7.34. The van der Waals surface area contributed by atoms with Gasteiger partial charge in [0.05, 0.1) is 23.7 Å². The van der Waals surface area contributed by atoms with Crippen LogP contribution in [0.25, 0.3) is 11.3 Å². The minimum atomic E-state index is -4.49. The molecule has 0 bridgehead atoms. The Bertz CT molecular complexity index is 826. The lowest BCUT2D eigenvalue weighted by Gasteiger charge is -2.23. The Morgan fingerprint density at radius 3 is 2.83 bits per heavy atom. The fraction of sp³-hybridized carbons (Fsp3) is 0.550. The van der Waals surface area contributed by atoms with Gasteiger partial charge in [-0.2, -0.15) is 13.2 Å². The molecule has 1 unspecified atom stereocenters. The molecule has 2 heterocycles. The second-order valence-corrected chi connectivity index (χ2v) is 9.26. The number of nitrogens with zero attached hydrogens (tertiary/aromatic N) is 2. The molecule has 0 spiro atoms. The molecule has 1 aromatic heterocycles. The summed E-state index contributed by atoms with van der Waals surface area (Å²) in [6.45, 7) is 3.88. The molecule has 1 aliphatic rings. The van der Waals surface area contributed by atoms with Gasteiger partial charge in [-0.1, -0.05) is 6.92 Å². The number of hydrogen-bond donors (Lipinski definition) is 1. The number of nitrogens with one attached hydrogen (secondary N) is 1. The van der Waals surface area contributed by atoms with Crippen LogP contribution < -0.4 is 10.1 Å². The number of alkyl halides is 3. The Morgan fingerprint density at radius 2 is 2.17 bits per heavy atom. The minimum Gasteiger partial charge on any atom is -0.496 e. The van der Waals surface area contributed by atoms with Crippen LogP contribution in [0.2, 0.25) is 0 Å². The second kappa shape index (κ2) is 9.57. The summed E-state index contributed by atoms with van der Waals surface area (Å²) in [6.07, 6.45) is -1.05. The van der Waals surface area contributed by atoms with Crippen molar-refractivity contribution in [2.45, 2.75) is 44.3 Å². The van der Waals surface area contributed by atoms with Gasteiger partial charge < -0.3 is 10.1 Å². The first kappa shape index (κ1) is 22.2. The number of hydrogen-bond acceptors (Lipinski definition) is 6. The Labute approximate surface area is 177 Å². The molecule has 2 aromatic rings. The third-order valence-corrected chi connectivity index (χ3v) is 7.47. The number of halogens is 3. The van der Waals surface area contributed by atoms with E-state index in [0.717, 1.165) is 42.5 Å². The van der Waals surface area contributed by atoms with Crippen LogP contribution in [-0.2, 0) is 12.7 Å². The summed E-state index contributed by atoms with van der Waals surface area (Å²) in [4.78, 5) is 7.98. The van der Waals surface area contributed by atoms with Crippen molar-refractivity contribution < 1.29 is 17.9 Å². The monoisotopic (exact) mass is 445 g/mol. The molecule has 0 radical (unpaired) electrons. The Morgan fingerprint density at radius 1 is 1.38 bits per heavy atom. The molecular formula is C20H26F3N3OS2. The number of rotatable bonds is 8. The number of ether oxygens (including phenoxy) is 1. The summed E-state index contributed by atoms with van der Waals surface area (Å²) >= 11 is 3.47. The summed E-state index contributed by atoms with van der Waals surface area (Å²) in [7, 11) is 3.02. The van der Waals surface area contributed by atoms with Gasteiger partial charge in [-0.3, -0.25) is 4.90 Å². The van der Waals surface area contributed by atoms with E-state index in [2.05, 4.69) is 22.1 Å². The standard InChI is InChI=1S/C20H26F3N3OS2/c1-4-10-28-17-6-5-9-26(17)12-16-18(25-19(24-2)29-16)13-7-8-15(27-3)14(11-13)20(21,22)23/h7-8,11,17H,4-6,9-10,12H2,1-3H3,(H,24,25). The molecule has 1 atom stereocenters. The first-order valence-corrected chi connectivity index (χ1v) is 11.5. The van der Waals surface area contributed by atoms with Gasteiger partial charge in [-0.05, 0) is 49.8 Å². The third kappa shape index (κ3) is 5.19. The second-order valence-electron chi connectivity index (χ2n) is 6.89. The van der Waals surface area contributed by atoms with Crippen molar-refractivity contribution in [1.82, 2.24) is 9.88 Å². The van der Waals surface area contributed by atoms with Crippen molar-refractivity contribution in [2.24, 2.45) is 0 Å². The summed E-state index contributed by atoms with van der Waals surface area (Å²) in [5, 5.41) is 4.20. The van der Waals surface area contributed by atoms with Crippen LogP contribution >= 0.6 is 23.1 Å². The fourth-order valence-electron chi connectivity index (χ4n) is 3.47. The average Bonchev–Trinajstić information content (AvgIpc) is 3.32. The quantitative estimate of drug-likeness (QED) is 0.544. The van der Waals surface area contributed by atoms with Gasteiger partial charge in [0, 0.05) is 24.0 Å². The van der Waals surface area contributed by atoms with E-state index in [1.165, 1.54) is 24.5 Å². The first-order chi connectivity index (χ1) is 13.9. The smallest absolute Gasteiger partial charge is 0.419 e. The van der Waals surface area contributed by atoms with Crippen molar-refractivity contribution in [1.29, 1.82) is 0 Å². The van der Waals surface area contributed by atoms with E-state index < -0.39 is 11.7 Å². The molecule has 29 heavy (non-hydrogen) atoms. The van der Waals surface area contributed by atoms with Gasteiger partial charge in [0.15, 0.2) is 5.13 Å². The van der Waals surface area contributed by atoms with Crippen LogP contribution in [0.4, 0.5) is 18.3 Å². The molecule has 1 N–H and O–H groups in total. The van der Waals surface area contributed by atoms with Crippen LogP contribution in [-0.4, -0.2) is 41.7 Å². The molecule has 3 rings (SSSR count). The lowest BCUT2D eigenvalue weighted by molar-refractivity contribution is -0.138. The number of aromatic nitrogens is 1. The number of likely N-dealkylation sites (tertiary alicyclic amines) is 1. The zero-order valence-corrected chi connectivity index (χ0v) is 18.4. The van der Waals surface area contributed by atoms with Crippen LogP contribution in [0.3, 0.4) is 0 Å². The van der Waals surface area contributed by atoms with E-state index in [4.69, 9.17) is 4.74 Å². The van der Waals surface area contributed by atoms with Gasteiger partial charge in [0.2, 0.25) is 0 Å². The van der Waals surface area contributed by atoms with Gasteiger partial charge in [0.25, 0.3) is 0 Å². The van der Waals surface area contributed by atoms with Crippen LogP contribution in [0.1, 0.15) is 36.6 Å². The minimum absolute atomic E-state index is 0.178. The van der Waals surface area contributed by atoms with Crippen molar-refractivity contribution in [2.75, 3.05) is 31.8 Å². The Hall–Kier alpha value is -1.45. The summed E-state index contributed by atoms with van der Waals surface area (Å²) in [6, 6.07) is 4.17. The highest BCUT2D eigenvalue weighted by atomic mass is 32.2. The molecule has 0 saturated carbocycles. The van der Waals surface area contributed by atoms with E-state index in [1.807, 2.05) is 11.8 Å². The highest BCUT2D eigenvalue weighted by Gasteiger charge is 2.35. The van der Waals surface area contributed by atoms with E-state index >= 15 is 0 Å². The lowest BCUT2D eigenvalue weighted by atomic mass is 10.1. The van der Waals surface area contributed by atoms with Gasteiger partial charge in [-0.25, -0.2) is 4.98 Å². The molecule has 4 nitrogen and oxygen atoms in total. The molecule has 0 amide bonds. The number of thioether (sulfide) groups is 1. The molecule has 1 aromatic carbocycles.